The number of hydrogen-bond acceptors (Lipinski definition) is 3. The van der Waals surface area contributed by atoms with Crippen LogP contribution in [-0.4, -0.2) is 0 Å². The Morgan fingerprint density at radius 3 is 2.41 bits per heavy atom. The quantitative estimate of drug-likeness (QED) is 0.775. The first-order valence-corrected chi connectivity index (χ1v) is 5.01. The Bertz CT molecular complexity index is 570. The predicted molar refractivity (Wildman–Crippen MR) is 65.3 cm³/mol. The van der Waals surface area contributed by atoms with Crippen LogP contribution in [0.2, 0.25) is 0 Å². The van der Waals surface area contributed by atoms with Crippen molar-refractivity contribution in [2.24, 2.45) is 0 Å². The Kier molecular flexibility index (Phi) is 2.93. The molecule has 0 bridgehead atoms. The lowest BCUT2D eigenvalue weighted by molar-refractivity contribution is 0.628. The van der Waals surface area contributed by atoms with Gasteiger partial charge in [0.05, 0.1) is 23.0 Å². The number of hydrogen-bond donors (Lipinski definition) is 2. The third kappa shape index (κ3) is 2.52. The smallest absolute Gasteiger partial charge is 0.123 e. The van der Waals surface area contributed by atoms with E-state index in [1.807, 2.05) is 6.07 Å². The molecule has 17 heavy (non-hydrogen) atoms. The number of rotatable bonds is 2. The van der Waals surface area contributed by atoms with Crippen LogP contribution in [0.1, 0.15) is 5.56 Å². The normalized spacial score (nSPS) is 9.65. The molecule has 2 rings (SSSR count). The minimum Gasteiger partial charge on any atom is -0.397 e. The molecule has 0 radical (unpaired) electrons. The zero-order chi connectivity index (χ0) is 12.3. The van der Waals surface area contributed by atoms with Crippen LogP contribution in [0.4, 0.5) is 21.5 Å². The van der Waals surface area contributed by atoms with E-state index >= 15 is 0 Å². The van der Waals surface area contributed by atoms with Crippen LogP contribution in [0.5, 0.6) is 0 Å². The molecule has 0 aliphatic rings. The van der Waals surface area contributed by atoms with Gasteiger partial charge < -0.3 is 11.1 Å². The topological polar surface area (TPSA) is 61.8 Å². The Balaban J connectivity index is 2.25. The molecule has 2 aromatic rings. The number of nitrogens with two attached hydrogens (primary N) is 1. The lowest BCUT2D eigenvalue weighted by atomic mass is 10.2. The van der Waals surface area contributed by atoms with Gasteiger partial charge in [-0.1, -0.05) is 0 Å². The fourth-order valence-electron chi connectivity index (χ4n) is 1.43. The van der Waals surface area contributed by atoms with Crippen molar-refractivity contribution < 1.29 is 4.39 Å². The molecule has 0 unspecified atom stereocenters. The van der Waals surface area contributed by atoms with Gasteiger partial charge >= 0.3 is 0 Å². The van der Waals surface area contributed by atoms with E-state index < -0.39 is 0 Å². The second-order valence-corrected chi connectivity index (χ2v) is 3.55. The molecule has 0 atom stereocenters. The van der Waals surface area contributed by atoms with Crippen LogP contribution in [0.3, 0.4) is 0 Å². The molecule has 4 heteroatoms. The summed E-state index contributed by atoms with van der Waals surface area (Å²) in [5.74, 6) is -0.289. The zero-order valence-corrected chi connectivity index (χ0v) is 8.94. The molecule has 0 heterocycles. The van der Waals surface area contributed by atoms with E-state index in [9.17, 15) is 4.39 Å². The number of nitrogen functional groups attached to an aromatic ring is 1. The molecule has 0 saturated carbocycles. The summed E-state index contributed by atoms with van der Waals surface area (Å²) in [6.07, 6.45) is 0. The number of nitrogens with one attached hydrogen (secondary N) is 1. The summed E-state index contributed by atoms with van der Waals surface area (Å²) < 4.78 is 12.7. The summed E-state index contributed by atoms with van der Waals surface area (Å²) in [7, 11) is 0. The first-order chi connectivity index (χ1) is 8.19. The van der Waals surface area contributed by atoms with E-state index in [0.29, 0.717) is 16.9 Å². The minimum absolute atomic E-state index is 0.289. The fraction of sp³-hybridized carbons (Fsp3) is 0. The molecular formula is C13H10FN3. The van der Waals surface area contributed by atoms with Gasteiger partial charge in [-0.25, -0.2) is 4.39 Å². The molecule has 3 N–H and O–H groups in total. The molecule has 0 aliphatic heterocycles. The summed E-state index contributed by atoms with van der Waals surface area (Å²) in [6, 6.07) is 12.9. The zero-order valence-electron chi connectivity index (χ0n) is 8.94. The molecule has 0 aromatic heterocycles. The van der Waals surface area contributed by atoms with Gasteiger partial charge in [-0.2, -0.15) is 5.26 Å². The van der Waals surface area contributed by atoms with Gasteiger partial charge in [0, 0.05) is 5.69 Å². The van der Waals surface area contributed by atoms with Crippen LogP contribution in [-0.2, 0) is 0 Å². The highest BCUT2D eigenvalue weighted by Crippen LogP contribution is 2.23. The van der Waals surface area contributed by atoms with Crippen molar-refractivity contribution in [2.75, 3.05) is 11.1 Å². The van der Waals surface area contributed by atoms with Gasteiger partial charge in [-0.15, -0.1) is 0 Å². The van der Waals surface area contributed by atoms with E-state index in [-0.39, 0.29) is 5.82 Å². The molecule has 0 fully saturated rings. The van der Waals surface area contributed by atoms with Crippen molar-refractivity contribution in [3.63, 3.8) is 0 Å². The van der Waals surface area contributed by atoms with Gasteiger partial charge in [-0.3, -0.25) is 0 Å². The average molecular weight is 227 g/mol. The van der Waals surface area contributed by atoms with Crippen molar-refractivity contribution in [2.45, 2.75) is 0 Å². The van der Waals surface area contributed by atoms with E-state index in [4.69, 9.17) is 11.0 Å². The SMILES string of the molecule is N#Cc1ccc(Nc2ccc(F)cc2)c(N)c1. The standard InChI is InChI=1S/C13H10FN3/c14-10-2-4-11(5-3-10)17-13-6-1-9(8-15)7-12(13)16/h1-7,17H,16H2. The fourth-order valence-corrected chi connectivity index (χ4v) is 1.43. The molecule has 3 nitrogen and oxygen atoms in total. The van der Waals surface area contributed by atoms with E-state index in [1.165, 1.54) is 12.1 Å². The Morgan fingerprint density at radius 1 is 1.12 bits per heavy atom. The molecule has 0 aliphatic carbocycles. The highest BCUT2D eigenvalue weighted by Gasteiger charge is 2.01. The van der Waals surface area contributed by atoms with E-state index in [1.54, 1.807) is 30.3 Å². The molecule has 0 spiro atoms. The van der Waals surface area contributed by atoms with Crippen LogP contribution in [0.25, 0.3) is 0 Å². The van der Waals surface area contributed by atoms with Crippen LogP contribution < -0.4 is 11.1 Å². The summed E-state index contributed by atoms with van der Waals surface area (Å²) >= 11 is 0. The third-order valence-corrected chi connectivity index (χ3v) is 2.30. The van der Waals surface area contributed by atoms with Crippen molar-refractivity contribution in [1.29, 1.82) is 5.26 Å². The Hall–Kier alpha value is -2.54. The molecule has 0 saturated heterocycles. The minimum atomic E-state index is -0.289. The number of halogens is 1. The second kappa shape index (κ2) is 4.54. The van der Waals surface area contributed by atoms with Gasteiger partial charge in [0.2, 0.25) is 0 Å². The van der Waals surface area contributed by atoms with Crippen molar-refractivity contribution in [3.8, 4) is 6.07 Å². The average Bonchev–Trinajstić information content (AvgIpc) is 2.34. The first-order valence-electron chi connectivity index (χ1n) is 5.01. The van der Waals surface area contributed by atoms with Gasteiger partial charge in [0.25, 0.3) is 0 Å². The predicted octanol–water partition coefficient (Wildman–Crippen LogP) is 3.02. The maximum atomic E-state index is 12.7. The molecule has 0 amide bonds. The number of benzene rings is 2. The van der Waals surface area contributed by atoms with Gasteiger partial charge in [-0.05, 0) is 42.5 Å². The van der Waals surface area contributed by atoms with Crippen molar-refractivity contribution in [1.82, 2.24) is 0 Å². The Morgan fingerprint density at radius 2 is 1.82 bits per heavy atom. The maximum Gasteiger partial charge on any atom is 0.123 e. The lowest BCUT2D eigenvalue weighted by Crippen LogP contribution is -1.96. The summed E-state index contributed by atoms with van der Waals surface area (Å²) in [6.45, 7) is 0. The van der Waals surface area contributed by atoms with Crippen molar-refractivity contribution >= 4 is 17.1 Å². The van der Waals surface area contributed by atoms with E-state index in [2.05, 4.69) is 5.32 Å². The van der Waals surface area contributed by atoms with Gasteiger partial charge in [0.1, 0.15) is 5.82 Å². The van der Waals surface area contributed by atoms with Gasteiger partial charge in [0.15, 0.2) is 0 Å². The third-order valence-electron chi connectivity index (χ3n) is 2.30. The summed E-state index contributed by atoms with van der Waals surface area (Å²) in [5.41, 5.74) is 8.20. The highest BCUT2D eigenvalue weighted by atomic mass is 19.1. The molecule has 2 aromatic carbocycles. The number of nitrogens with zero attached hydrogens (tertiary/aromatic N) is 1. The molecular weight excluding hydrogens is 217 g/mol. The van der Waals surface area contributed by atoms with Crippen molar-refractivity contribution in [3.05, 3.63) is 53.8 Å². The van der Waals surface area contributed by atoms with E-state index in [0.717, 1.165) is 5.69 Å². The Labute approximate surface area is 98.3 Å². The monoisotopic (exact) mass is 227 g/mol. The number of anilines is 3. The lowest BCUT2D eigenvalue weighted by Gasteiger charge is -2.09. The summed E-state index contributed by atoms with van der Waals surface area (Å²) in [5, 5.41) is 11.8. The number of nitriles is 1. The van der Waals surface area contributed by atoms with Crippen LogP contribution >= 0.6 is 0 Å². The van der Waals surface area contributed by atoms with Crippen LogP contribution in [0, 0.1) is 17.1 Å². The largest absolute Gasteiger partial charge is 0.397 e. The molecule has 84 valence electrons. The second-order valence-electron chi connectivity index (χ2n) is 3.55. The summed E-state index contributed by atoms with van der Waals surface area (Å²) in [4.78, 5) is 0. The highest BCUT2D eigenvalue weighted by molar-refractivity contribution is 5.73. The maximum absolute atomic E-state index is 12.7. The van der Waals surface area contributed by atoms with Crippen LogP contribution in [0.15, 0.2) is 42.5 Å². The first kappa shape index (κ1) is 11.0.